The second-order valence-corrected chi connectivity index (χ2v) is 3.64. The number of nitrogens with zero attached hydrogens (tertiary/aromatic N) is 1. The van der Waals surface area contributed by atoms with E-state index in [0.717, 1.165) is 5.56 Å². The number of benzene rings is 1. The van der Waals surface area contributed by atoms with E-state index in [-0.39, 0.29) is 25.3 Å². The summed E-state index contributed by atoms with van der Waals surface area (Å²) >= 11 is 0. The van der Waals surface area contributed by atoms with Gasteiger partial charge in [0.2, 0.25) is 0 Å². The van der Waals surface area contributed by atoms with Gasteiger partial charge >= 0.3 is 12.1 Å². The van der Waals surface area contributed by atoms with Gasteiger partial charge in [-0.2, -0.15) is 4.99 Å². The monoisotopic (exact) mass is 263 g/mol. The molecule has 1 amide bonds. The Hall–Kier alpha value is -2.17. The van der Waals surface area contributed by atoms with E-state index in [1.165, 1.54) is 0 Å². The van der Waals surface area contributed by atoms with Gasteiger partial charge in [0.05, 0.1) is 13.2 Å². The van der Waals surface area contributed by atoms with Gasteiger partial charge in [0.15, 0.2) is 0 Å². The number of hydrogen-bond donors (Lipinski definition) is 0. The summed E-state index contributed by atoms with van der Waals surface area (Å²) in [6, 6.07) is 9.26. The molecule has 0 saturated heterocycles. The van der Waals surface area contributed by atoms with Crippen LogP contribution in [0.15, 0.2) is 35.3 Å². The van der Waals surface area contributed by atoms with Gasteiger partial charge in [-0.05, 0) is 19.4 Å². The van der Waals surface area contributed by atoms with Crippen LogP contribution in [0.25, 0.3) is 0 Å². The molecule has 0 aliphatic rings. The smallest absolute Gasteiger partial charge is 0.434 e. The molecule has 0 radical (unpaired) electrons. The SMILES string of the molecule is CCOC(=O)N=C(Cc1ccccc1)C(=O)OCC. The van der Waals surface area contributed by atoms with E-state index in [4.69, 9.17) is 9.47 Å². The molecule has 1 aromatic rings. The molecule has 0 saturated carbocycles. The molecular weight excluding hydrogens is 246 g/mol. The Morgan fingerprint density at radius 3 is 2.26 bits per heavy atom. The molecule has 0 fully saturated rings. The van der Waals surface area contributed by atoms with Crippen molar-refractivity contribution in [1.82, 2.24) is 0 Å². The number of ether oxygens (including phenoxy) is 2. The van der Waals surface area contributed by atoms with E-state index in [0.29, 0.717) is 0 Å². The summed E-state index contributed by atoms with van der Waals surface area (Å²) in [4.78, 5) is 26.7. The van der Waals surface area contributed by atoms with Crippen molar-refractivity contribution in [2.45, 2.75) is 20.3 Å². The zero-order chi connectivity index (χ0) is 14.1. The summed E-state index contributed by atoms with van der Waals surface area (Å²) in [7, 11) is 0. The standard InChI is InChI=1S/C14H17NO4/c1-3-18-13(16)12(15-14(17)19-4-2)10-11-8-6-5-7-9-11/h5-9H,3-4,10H2,1-2H3. The molecule has 5 heteroatoms. The third kappa shape index (κ3) is 5.33. The molecule has 0 aromatic heterocycles. The Morgan fingerprint density at radius 1 is 1.05 bits per heavy atom. The van der Waals surface area contributed by atoms with Crippen LogP contribution in [0.1, 0.15) is 19.4 Å². The first-order valence-electron chi connectivity index (χ1n) is 6.12. The van der Waals surface area contributed by atoms with Crippen LogP contribution in [0.3, 0.4) is 0 Å². The molecule has 0 bridgehead atoms. The quantitative estimate of drug-likeness (QED) is 0.604. The first kappa shape index (κ1) is 14.9. The Bertz CT molecular complexity index is 454. The zero-order valence-electron chi connectivity index (χ0n) is 11.1. The van der Waals surface area contributed by atoms with Crippen LogP contribution in [-0.2, 0) is 20.7 Å². The third-order valence-electron chi connectivity index (χ3n) is 2.22. The molecule has 0 aliphatic heterocycles. The second-order valence-electron chi connectivity index (χ2n) is 3.64. The van der Waals surface area contributed by atoms with E-state index in [1.807, 2.05) is 30.3 Å². The average molecular weight is 263 g/mol. The van der Waals surface area contributed by atoms with Crippen LogP contribution in [-0.4, -0.2) is 31.0 Å². The predicted octanol–water partition coefficient (Wildman–Crippen LogP) is 2.39. The summed E-state index contributed by atoms with van der Waals surface area (Å²) in [5.41, 5.74) is 0.921. The van der Waals surface area contributed by atoms with Gasteiger partial charge in [0.25, 0.3) is 0 Å². The number of carbonyl (C=O) groups excluding carboxylic acids is 2. The van der Waals surface area contributed by atoms with E-state index >= 15 is 0 Å². The van der Waals surface area contributed by atoms with Crippen molar-refractivity contribution in [3.63, 3.8) is 0 Å². The van der Waals surface area contributed by atoms with Crippen molar-refractivity contribution in [3.8, 4) is 0 Å². The van der Waals surface area contributed by atoms with Crippen LogP contribution >= 0.6 is 0 Å². The number of rotatable bonds is 5. The highest BCUT2D eigenvalue weighted by molar-refractivity contribution is 6.38. The molecular formula is C14H17NO4. The maximum absolute atomic E-state index is 11.7. The van der Waals surface area contributed by atoms with Gasteiger partial charge in [-0.1, -0.05) is 30.3 Å². The molecule has 102 valence electrons. The van der Waals surface area contributed by atoms with Crippen molar-refractivity contribution >= 4 is 17.8 Å². The molecule has 1 aromatic carbocycles. The number of carbonyl (C=O) groups is 2. The normalized spacial score (nSPS) is 10.9. The highest BCUT2D eigenvalue weighted by Gasteiger charge is 2.15. The molecule has 0 spiro atoms. The van der Waals surface area contributed by atoms with E-state index in [2.05, 4.69) is 4.99 Å². The molecule has 1 rings (SSSR count). The minimum Gasteiger partial charge on any atom is -0.461 e. The minimum atomic E-state index is -0.776. The molecule has 5 nitrogen and oxygen atoms in total. The maximum atomic E-state index is 11.7. The number of aliphatic imine (C=N–C) groups is 1. The van der Waals surface area contributed by atoms with Crippen molar-refractivity contribution in [3.05, 3.63) is 35.9 Å². The first-order chi connectivity index (χ1) is 9.17. The van der Waals surface area contributed by atoms with Gasteiger partial charge in [0.1, 0.15) is 5.71 Å². The lowest BCUT2D eigenvalue weighted by Gasteiger charge is -2.06. The molecule has 0 atom stereocenters. The van der Waals surface area contributed by atoms with Crippen molar-refractivity contribution in [2.24, 2.45) is 4.99 Å². The Labute approximate surface area is 112 Å². The molecule has 0 aliphatic carbocycles. The predicted molar refractivity (Wildman–Crippen MR) is 71.2 cm³/mol. The van der Waals surface area contributed by atoms with Gasteiger partial charge < -0.3 is 9.47 Å². The lowest BCUT2D eigenvalue weighted by Crippen LogP contribution is -2.21. The van der Waals surface area contributed by atoms with Crippen LogP contribution in [0.4, 0.5) is 4.79 Å². The fourth-order valence-electron chi connectivity index (χ4n) is 1.43. The van der Waals surface area contributed by atoms with Crippen LogP contribution in [0.2, 0.25) is 0 Å². The highest BCUT2D eigenvalue weighted by atomic mass is 16.5. The van der Waals surface area contributed by atoms with Gasteiger partial charge in [-0.3, -0.25) is 0 Å². The number of esters is 1. The first-order valence-corrected chi connectivity index (χ1v) is 6.12. The van der Waals surface area contributed by atoms with Crippen molar-refractivity contribution in [2.75, 3.05) is 13.2 Å². The van der Waals surface area contributed by atoms with Crippen molar-refractivity contribution in [1.29, 1.82) is 0 Å². The topological polar surface area (TPSA) is 65.0 Å². The molecule has 0 unspecified atom stereocenters. The highest BCUT2D eigenvalue weighted by Crippen LogP contribution is 2.03. The maximum Gasteiger partial charge on any atom is 0.434 e. The summed E-state index contributed by atoms with van der Waals surface area (Å²) < 4.78 is 9.58. The zero-order valence-corrected chi connectivity index (χ0v) is 11.1. The minimum absolute atomic E-state index is 0.0477. The lowest BCUT2D eigenvalue weighted by molar-refractivity contribution is -0.135. The molecule has 0 N–H and O–H groups in total. The van der Waals surface area contributed by atoms with E-state index in [1.54, 1.807) is 13.8 Å². The Balaban J connectivity index is 2.86. The Morgan fingerprint density at radius 2 is 1.68 bits per heavy atom. The van der Waals surface area contributed by atoms with Gasteiger partial charge in [-0.25, -0.2) is 9.59 Å². The van der Waals surface area contributed by atoms with E-state index in [9.17, 15) is 9.59 Å². The third-order valence-corrected chi connectivity index (χ3v) is 2.22. The summed E-state index contributed by atoms with van der Waals surface area (Å²) in [5.74, 6) is -0.598. The molecule has 0 heterocycles. The van der Waals surface area contributed by atoms with Crippen LogP contribution in [0, 0.1) is 0 Å². The van der Waals surface area contributed by atoms with Gasteiger partial charge in [-0.15, -0.1) is 0 Å². The van der Waals surface area contributed by atoms with Crippen LogP contribution < -0.4 is 0 Å². The summed E-state index contributed by atoms with van der Waals surface area (Å²) in [6.45, 7) is 3.82. The Kier molecular flexibility index (Phi) is 6.29. The number of hydrogen-bond acceptors (Lipinski definition) is 4. The summed E-state index contributed by atoms with van der Waals surface area (Å²) in [5, 5.41) is 0. The molecule has 19 heavy (non-hydrogen) atoms. The average Bonchev–Trinajstić information content (AvgIpc) is 2.40. The fraction of sp³-hybridized carbons (Fsp3) is 0.357. The fourth-order valence-corrected chi connectivity index (χ4v) is 1.43. The van der Waals surface area contributed by atoms with Crippen LogP contribution in [0.5, 0.6) is 0 Å². The van der Waals surface area contributed by atoms with E-state index < -0.39 is 12.1 Å². The lowest BCUT2D eigenvalue weighted by atomic mass is 10.1. The summed E-state index contributed by atoms with van der Waals surface area (Å²) in [6.07, 6.45) is -0.542. The second kappa shape index (κ2) is 8.02. The van der Waals surface area contributed by atoms with Gasteiger partial charge in [0, 0.05) is 6.42 Å². The van der Waals surface area contributed by atoms with Crippen molar-refractivity contribution < 1.29 is 19.1 Å². The number of amides is 1. The largest absolute Gasteiger partial charge is 0.461 e.